The molecule has 4 rings (SSSR count). The molecule has 168 valence electrons. The number of rotatable bonds is 9. The van der Waals surface area contributed by atoms with Crippen molar-refractivity contribution in [2.45, 2.75) is 26.3 Å². The Hall–Kier alpha value is -3.77. The van der Waals surface area contributed by atoms with E-state index in [9.17, 15) is 9.59 Å². The molecule has 0 spiro atoms. The number of benzene rings is 2. The van der Waals surface area contributed by atoms with Crippen LogP contribution < -0.4 is 10.6 Å². The van der Waals surface area contributed by atoms with Gasteiger partial charge >= 0.3 is 0 Å². The third kappa shape index (κ3) is 5.18. The summed E-state index contributed by atoms with van der Waals surface area (Å²) in [5.41, 5.74) is 5.06. The maximum atomic E-state index is 13.6. The minimum absolute atomic E-state index is 0.0501. The van der Waals surface area contributed by atoms with Crippen molar-refractivity contribution in [1.29, 1.82) is 0 Å². The van der Waals surface area contributed by atoms with Gasteiger partial charge in [0.05, 0.1) is 28.9 Å². The number of hydrogen-bond acceptors (Lipinski definition) is 4. The normalized spacial score (nSPS) is 11.9. The molecule has 33 heavy (non-hydrogen) atoms. The Labute approximate surface area is 193 Å². The SMILES string of the molecule is CCNC(=O)c1ccc2c(C(=O)[C@H](NCCc3ccc(C)cc3)c3ccccc3)cnn2c1. The molecule has 0 fully saturated rings. The summed E-state index contributed by atoms with van der Waals surface area (Å²) in [5.74, 6) is -0.214. The van der Waals surface area contributed by atoms with Gasteiger partial charge in [-0.3, -0.25) is 9.59 Å². The Bertz CT molecular complexity index is 1250. The summed E-state index contributed by atoms with van der Waals surface area (Å²) >= 11 is 0. The van der Waals surface area contributed by atoms with Crippen LogP contribution in [0.3, 0.4) is 0 Å². The minimum Gasteiger partial charge on any atom is -0.352 e. The van der Waals surface area contributed by atoms with Gasteiger partial charge in [0.25, 0.3) is 5.91 Å². The summed E-state index contributed by atoms with van der Waals surface area (Å²) in [5, 5.41) is 10.6. The number of nitrogens with one attached hydrogen (secondary N) is 2. The highest BCUT2D eigenvalue weighted by atomic mass is 16.1. The van der Waals surface area contributed by atoms with Crippen LogP contribution in [-0.4, -0.2) is 34.4 Å². The van der Waals surface area contributed by atoms with Crippen molar-refractivity contribution in [2.75, 3.05) is 13.1 Å². The van der Waals surface area contributed by atoms with Gasteiger partial charge in [0.1, 0.15) is 0 Å². The number of ketones is 1. The maximum absolute atomic E-state index is 13.6. The monoisotopic (exact) mass is 440 g/mol. The number of carbonyl (C=O) groups is 2. The molecule has 0 bridgehead atoms. The first-order valence-electron chi connectivity index (χ1n) is 11.2. The van der Waals surface area contributed by atoms with Crippen LogP contribution in [0.15, 0.2) is 79.1 Å². The fourth-order valence-corrected chi connectivity index (χ4v) is 3.85. The van der Waals surface area contributed by atoms with Crippen LogP contribution in [0, 0.1) is 6.92 Å². The smallest absolute Gasteiger partial charge is 0.252 e. The standard InChI is InChI=1S/C27H28N4O2/c1-3-28-27(33)22-13-14-24-23(17-30-31(24)18-22)26(32)25(21-7-5-4-6-8-21)29-16-15-20-11-9-19(2)10-12-20/h4-14,17-18,25,29H,3,15-16H2,1-2H3,(H,28,33)/t25-/m1/s1. The highest BCUT2D eigenvalue weighted by molar-refractivity contribution is 6.06. The van der Waals surface area contributed by atoms with Crippen molar-refractivity contribution >= 4 is 17.2 Å². The Morgan fingerprint density at radius 2 is 1.76 bits per heavy atom. The summed E-state index contributed by atoms with van der Waals surface area (Å²) in [4.78, 5) is 25.8. The van der Waals surface area contributed by atoms with E-state index in [0.29, 0.717) is 29.7 Å². The van der Waals surface area contributed by atoms with Crippen molar-refractivity contribution in [3.63, 3.8) is 0 Å². The van der Waals surface area contributed by atoms with Crippen LogP contribution in [0.2, 0.25) is 0 Å². The third-order valence-electron chi connectivity index (χ3n) is 5.66. The van der Waals surface area contributed by atoms with Crippen LogP contribution >= 0.6 is 0 Å². The molecule has 0 radical (unpaired) electrons. The Morgan fingerprint density at radius 3 is 2.48 bits per heavy atom. The number of aryl methyl sites for hydroxylation is 1. The topological polar surface area (TPSA) is 75.5 Å². The number of nitrogens with zero attached hydrogens (tertiary/aromatic N) is 2. The van der Waals surface area contributed by atoms with E-state index >= 15 is 0 Å². The van der Waals surface area contributed by atoms with Crippen LogP contribution in [0.25, 0.3) is 5.52 Å². The molecule has 6 heteroatoms. The summed E-state index contributed by atoms with van der Waals surface area (Å²) in [6.45, 7) is 5.15. The van der Waals surface area contributed by atoms with Gasteiger partial charge in [-0.2, -0.15) is 5.10 Å². The zero-order valence-electron chi connectivity index (χ0n) is 18.9. The van der Waals surface area contributed by atoms with Crippen LogP contribution in [-0.2, 0) is 6.42 Å². The van der Waals surface area contributed by atoms with Gasteiger partial charge in [0.15, 0.2) is 5.78 Å². The van der Waals surface area contributed by atoms with E-state index in [4.69, 9.17) is 0 Å². The number of carbonyl (C=O) groups excluding carboxylic acids is 2. The third-order valence-corrected chi connectivity index (χ3v) is 5.66. The lowest BCUT2D eigenvalue weighted by Crippen LogP contribution is -2.30. The molecule has 0 saturated heterocycles. The van der Waals surface area contributed by atoms with E-state index in [1.54, 1.807) is 29.0 Å². The largest absolute Gasteiger partial charge is 0.352 e. The fourth-order valence-electron chi connectivity index (χ4n) is 3.85. The van der Waals surface area contributed by atoms with Crippen molar-refractivity contribution in [3.8, 4) is 0 Å². The molecule has 2 aromatic carbocycles. The number of amides is 1. The molecule has 1 amide bonds. The second-order valence-corrected chi connectivity index (χ2v) is 8.06. The molecule has 0 aliphatic rings. The Morgan fingerprint density at radius 1 is 1.00 bits per heavy atom. The molecule has 0 saturated carbocycles. The lowest BCUT2D eigenvalue weighted by Gasteiger charge is -2.18. The average molecular weight is 441 g/mol. The van der Waals surface area contributed by atoms with E-state index < -0.39 is 6.04 Å². The molecule has 0 aliphatic carbocycles. The first kappa shape index (κ1) is 22.4. The van der Waals surface area contributed by atoms with Gasteiger partial charge in [-0.1, -0.05) is 60.2 Å². The highest BCUT2D eigenvalue weighted by Crippen LogP contribution is 2.22. The molecule has 2 aromatic heterocycles. The van der Waals surface area contributed by atoms with E-state index in [0.717, 1.165) is 12.0 Å². The fraction of sp³-hybridized carbons (Fsp3) is 0.222. The van der Waals surface area contributed by atoms with Crippen molar-refractivity contribution in [2.24, 2.45) is 0 Å². The first-order valence-corrected chi connectivity index (χ1v) is 11.2. The Balaban J connectivity index is 1.57. The van der Waals surface area contributed by atoms with Gasteiger partial charge in [0, 0.05) is 19.3 Å². The second kappa shape index (κ2) is 10.2. The molecule has 2 N–H and O–H groups in total. The second-order valence-electron chi connectivity index (χ2n) is 8.06. The van der Waals surface area contributed by atoms with Gasteiger partial charge in [-0.15, -0.1) is 0 Å². The number of aromatic nitrogens is 2. The maximum Gasteiger partial charge on any atom is 0.252 e. The van der Waals surface area contributed by atoms with Gasteiger partial charge in [0.2, 0.25) is 0 Å². The summed E-state index contributed by atoms with van der Waals surface area (Å²) in [7, 11) is 0. The predicted molar refractivity (Wildman–Crippen MR) is 130 cm³/mol. The quantitative estimate of drug-likeness (QED) is 0.384. The molecule has 6 nitrogen and oxygen atoms in total. The summed E-state index contributed by atoms with van der Waals surface area (Å²) in [6, 6.07) is 21.2. The molecule has 0 aliphatic heterocycles. The minimum atomic E-state index is -0.493. The predicted octanol–water partition coefficient (Wildman–Crippen LogP) is 4.15. The average Bonchev–Trinajstić information content (AvgIpc) is 3.27. The van der Waals surface area contributed by atoms with E-state index in [1.165, 1.54) is 11.1 Å². The zero-order chi connectivity index (χ0) is 23.2. The van der Waals surface area contributed by atoms with Gasteiger partial charge < -0.3 is 10.6 Å². The van der Waals surface area contributed by atoms with Gasteiger partial charge in [-0.05, 0) is 43.5 Å². The molecule has 2 heterocycles. The lowest BCUT2D eigenvalue weighted by molar-refractivity contribution is 0.0941. The zero-order valence-corrected chi connectivity index (χ0v) is 18.9. The molecule has 0 unspecified atom stereocenters. The van der Waals surface area contributed by atoms with E-state index in [1.807, 2.05) is 37.3 Å². The molecule has 1 atom stereocenters. The summed E-state index contributed by atoms with van der Waals surface area (Å²) in [6.07, 6.45) is 4.05. The molecular weight excluding hydrogens is 412 g/mol. The van der Waals surface area contributed by atoms with Crippen LogP contribution in [0.5, 0.6) is 0 Å². The van der Waals surface area contributed by atoms with Gasteiger partial charge in [-0.25, -0.2) is 4.52 Å². The van der Waals surface area contributed by atoms with E-state index in [2.05, 4.69) is 46.9 Å². The molecule has 4 aromatic rings. The summed E-state index contributed by atoms with van der Waals surface area (Å²) < 4.78 is 1.59. The van der Waals surface area contributed by atoms with Crippen LogP contribution in [0.1, 0.15) is 50.4 Å². The lowest BCUT2D eigenvalue weighted by atomic mass is 9.97. The van der Waals surface area contributed by atoms with E-state index in [-0.39, 0.29) is 11.7 Å². The number of Topliss-reactive ketones (excluding diaryl/α,β-unsaturated/α-hetero) is 1. The van der Waals surface area contributed by atoms with Crippen molar-refractivity contribution in [3.05, 3.63) is 107 Å². The Kier molecular flexibility index (Phi) is 6.95. The molecular formula is C27H28N4O2. The highest BCUT2D eigenvalue weighted by Gasteiger charge is 2.24. The number of hydrogen-bond donors (Lipinski definition) is 2. The number of pyridine rings is 1. The number of fused-ring (bicyclic) bond motifs is 1. The van der Waals surface area contributed by atoms with Crippen molar-refractivity contribution in [1.82, 2.24) is 20.2 Å². The first-order chi connectivity index (χ1) is 16.1. The van der Waals surface area contributed by atoms with Crippen molar-refractivity contribution < 1.29 is 9.59 Å². The van der Waals surface area contributed by atoms with Crippen LogP contribution in [0.4, 0.5) is 0 Å².